The van der Waals surface area contributed by atoms with E-state index >= 15 is 0 Å². The van der Waals surface area contributed by atoms with Gasteiger partial charge in [0, 0.05) is 41.1 Å². The van der Waals surface area contributed by atoms with Crippen molar-refractivity contribution in [2.45, 2.75) is 62.9 Å². The van der Waals surface area contributed by atoms with Gasteiger partial charge in [-0.15, -0.1) is 0 Å². The minimum absolute atomic E-state index is 0.0804. The van der Waals surface area contributed by atoms with Gasteiger partial charge < -0.3 is 5.11 Å². The summed E-state index contributed by atoms with van der Waals surface area (Å²) in [6, 6.07) is 13.8. The standard InChI is InChI=1S/C17H14N2O4.C16H12N2O5.C7H7ClO2S/c1-2-3-4-10-5-6-11-12(9-10)17(23)19(16(11)22)13-7-8-14(20)18-15(13)21;19-7-1-2-9-3-4-10-11(8-9)16(23)18(15(10)22)12-5-6-13(20)17-14(12)21;1-6-2-4-7(5-3-6)11(8,9)10/h5-6,9,13H,2,7-8H2,1H3,(H,18,20,21);3-4,8,12,19H,5-7H2,(H,17,20,21);2-5H,1H3. The minimum atomic E-state index is -3.55. The van der Waals surface area contributed by atoms with Crippen molar-refractivity contribution in [2.75, 3.05) is 6.61 Å². The normalized spacial score (nSPS) is 18.4. The van der Waals surface area contributed by atoms with Crippen LogP contribution in [0.1, 0.15) is 97.2 Å². The Bertz CT molecular complexity index is 2340. The molecule has 2 fully saturated rings. The van der Waals surface area contributed by atoms with E-state index in [9.17, 15) is 46.8 Å². The number of nitrogens with zero attached hydrogens (tertiary/aromatic N) is 2. The number of imide groups is 4. The number of hydrogen-bond donors (Lipinski definition) is 3. The van der Waals surface area contributed by atoms with Gasteiger partial charge in [0.05, 0.1) is 27.1 Å². The first-order valence-corrected chi connectivity index (χ1v) is 19.7. The molecule has 3 aromatic rings. The second-order valence-electron chi connectivity index (χ2n) is 12.8. The molecular weight excluding hydrogens is 780 g/mol. The average molecular weight is 813 g/mol. The molecule has 7 rings (SSSR count). The number of nitrogens with one attached hydrogen (secondary N) is 2. The quantitative estimate of drug-likeness (QED) is 0.198. The Morgan fingerprint density at radius 3 is 1.47 bits per heavy atom. The summed E-state index contributed by atoms with van der Waals surface area (Å²) < 4.78 is 21.4. The molecule has 4 aliphatic heterocycles. The molecule has 3 N–H and O–H groups in total. The topological polar surface area (TPSA) is 221 Å². The summed E-state index contributed by atoms with van der Waals surface area (Å²) >= 11 is 0. The molecule has 2 unspecified atom stereocenters. The summed E-state index contributed by atoms with van der Waals surface area (Å²) in [6.45, 7) is 3.48. The molecule has 2 saturated heterocycles. The third kappa shape index (κ3) is 9.33. The van der Waals surface area contributed by atoms with Gasteiger partial charge in [-0.05, 0) is 68.3 Å². The summed E-state index contributed by atoms with van der Waals surface area (Å²) in [5.74, 6) is 6.74. The molecule has 0 aromatic heterocycles. The smallest absolute Gasteiger partial charge is 0.262 e. The van der Waals surface area contributed by atoms with Crippen LogP contribution in [0.4, 0.5) is 0 Å². The molecule has 0 bridgehead atoms. The van der Waals surface area contributed by atoms with Gasteiger partial charge in [0.15, 0.2) is 0 Å². The molecule has 4 heterocycles. The monoisotopic (exact) mass is 812 g/mol. The van der Waals surface area contributed by atoms with E-state index in [2.05, 4.69) is 34.3 Å². The zero-order chi connectivity index (χ0) is 41.6. The average Bonchev–Trinajstić information content (AvgIpc) is 3.56. The van der Waals surface area contributed by atoms with Crippen molar-refractivity contribution in [3.63, 3.8) is 0 Å². The zero-order valence-electron chi connectivity index (χ0n) is 30.4. The van der Waals surface area contributed by atoms with Gasteiger partial charge in [0.1, 0.15) is 18.7 Å². The van der Waals surface area contributed by atoms with E-state index in [4.69, 9.17) is 15.8 Å². The second kappa shape index (κ2) is 17.6. The van der Waals surface area contributed by atoms with Crippen LogP contribution in [-0.4, -0.2) is 89.3 Å². The van der Waals surface area contributed by atoms with Gasteiger partial charge in [-0.25, -0.2) is 8.42 Å². The van der Waals surface area contributed by atoms with Crippen molar-refractivity contribution in [1.29, 1.82) is 0 Å². The number of aliphatic hydroxyl groups excluding tert-OH is 1. The van der Waals surface area contributed by atoms with Gasteiger partial charge in [-0.1, -0.05) is 48.3 Å². The summed E-state index contributed by atoms with van der Waals surface area (Å²) in [4.78, 5) is 98.2. The number of fused-ring (bicyclic) bond motifs is 2. The lowest BCUT2D eigenvalue weighted by Crippen LogP contribution is -2.54. The maximum atomic E-state index is 12.6. The maximum Gasteiger partial charge on any atom is 0.262 e. The Hall–Kier alpha value is -6.46. The molecule has 0 radical (unpaired) electrons. The van der Waals surface area contributed by atoms with Crippen LogP contribution in [0.2, 0.25) is 0 Å². The Morgan fingerprint density at radius 2 is 1.09 bits per heavy atom. The molecule has 0 aliphatic carbocycles. The van der Waals surface area contributed by atoms with Gasteiger partial charge in [-0.3, -0.25) is 58.8 Å². The number of rotatable bonds is 3. The molecule has 0 saturated carbocycles. The predicted molar refractivity (Wildman–Crippen MR) is 202 cm³/mol. The van der Waals surface area contributed by atoms with Gasteiger partial charge >= 0.3 is 0 Å². The predicted octanol–water partition coefficient (Wildman–Crippen LogP) is 2.20. The second-order valence-corrected chi connectivity index (χ2v) is 15.3. The number of aliphatic hydroxyl groups is 1. The summed E-state index contributed by atoms with van der Waals surface area (Å²) in [5.41, 5.74) is 3.04. The van der Waals surface area contributed by atoms with Crippen molar-refractivity contribution >= 4 is 67.0 Å². The fraction of sp³-hybridized carbons (Fsp3) is 0.250. The van der Waals surface area contributed by atoms with Gasteiger partial charge in [-0.2, -0.15) is 0 Å². The minimum Gasteiger partial charge on any atom is -0.384 e. The lowest BCUT2D eigenvalue weighted by molar-refractivity contribution is -0.137. The first-order valence-electron chi connectivity index (χ1n) is 17.4. The van der Waals surface area contributed by atoms with E-state index in [1.165, 1.54) is 24.3 Å². The van der Waals surface area contributed by atoms with Crippen LogP contribution < -0.4 is 10.6 Å². The molecule has 2 atom stereocenters. The van der Waals surface area contributed by atoms with E-state index in [0.717, 1.165) is 15.4 Å². The van der Waals surface area contributed by atoms with Gasteiger partial charge in [0.25, 0.3) is 32.7 Å². The van der Waals surface area contributed by atoms with Crippen LogP contribution >= 0.6 is 10.7 Å². The third-order valence-corrected chi connectivity index (χ3v) is 10.3. The Labute approximate surface area is 331 Å². The van der Waals surface area contributed by atoms with E-state index < -0.39 is 62.5 Å². The molecular formula is C40H33ClN4O11S. The number of carbonyl (C=O) groups is 8. The Kier molecular flexibility index (Phi) is 12.8. The van der Waals surface area contributed by atoms with E-state index in [1.807, 2.05) is 13.8 Å². The third-order valence-electron chi connectivity index (χ3n) is 8.90. The fourth-order valence-corrected chi connectivity index (χ4v) is 6.90. The highest BCUT2D eigenvalue weighted by Crippen LogP contribution is 2.29. The molecule has 8 amide bonds. The van der Waals surface area contributed by atoms with E-state index in [-0.39, 0.29) is 65.3 Å². The molecule has 57 heavy (non-hydrogen) atoms. The summed E-state index contributed by atoms with van der Waals surface area (Å²) in [5, 5.41) is 13.0. The lowest BCUT2D eigenvalue weighted by atomic mass is 10.0. The zero-order valence-corrected chi connectivity index (χ0v) is 32.0. The number of benzene rings is 3. The van der Waals surface area contributed by atoms with Gasteiger partial charge in [0.2, 0.25) is 23.6 Å². The summed E-state index contributed by atoms with van der Waals surface area (Å²) in [6.07, 6.45) is 1.15. The number of hydrogen-bond acceptors (Lipinski definition) is 11. The molecule has 0 spiro atoms. The first kappa shape index (κ1) is 41.7. The number of halogens is 1. The number of piperidine rings is 2. The SMILES string of the molecule is CCC#Cc1ccc2c(c1)C(=O)N(C1CCC(=O)NC1=O)C2=O.Cc1ccc(S(=O)(=O)Cl)cc1.O=C1CCC(N2C(=O)c3ccc(C#CCO)cc3C2=O)C(=O)N1. The summed E-state index contributed by atoms with van der Waals surface area (Å²) in [7, 11) is 1.54. The molecule has 292 valence electrons. The van der Waals surface area contributed by atoms with Crippen molar-refractivity contribution in [1.82, 2.24) is 20.4 Å². The number of amides is 8. The number of carbonyl (C=O) groups excluding carboxylic acids is 8. The highest BCUT2D eigenvalue weighted by atomic mass is 35.7. The van der Waals surface area contributed by atoms with Crippen LogP contribution in [0.25, 0.3) is 0 Å². The van der Waals surface area contributed by atoms with Crippen LogP contribution in [0.15, 0.2) is 65.6 Å². The molecule has 15 nitrogen and oxygen atoms in total. The number of aryl methyl sites for hydroxylation is 1. The molecule has 3 aromatic carbocycles. The highest BCUT2D eigenvalue weighted by molar-refractivity contribution is 8.13. The fourth-order valence-electron chi connectivity index (χ4n) is 6.13. The van der Waals surface area contributed by atoms with E-state index in [1.54, 1.807) is 36.4 Å². The molecule has 17 heteroatoms. The lowest BCUT2D eigenvalue weighted by Gasteiger charge is -2.27. The van der Waals surface area contributed by atoms with Crippen molar-refractivity contribution < 1.29 is 51.9 Å². The Balaban J connectivity index is 0.000000174. The van der Waals surface area contributed by atoms with Crippen molar-refractivity contribution in [3.05, 3.63) is 99.6 Å². The maximum absolute atomic E-state index is 12.6. The van der Waals surface area contributed by atoms with Crippen LogP contribution in [-0.2, 0) is 28.2 Å². The Morgan fingerprint density at radius 1 is 0.667 bits per heavy atom. The van der Waals surface area contributed by atoms with Crippen LogP contribution in [0.3, 0.4) is 0 Å². The van der Waals surface area contributed by atoms with Crippen LogP contribution in [0, 0.1) is 30.6 Å². The van der Waals surface area contributed by atoms with Crippen molar-refractivity contribution in [2.24, 2.45) is 0 Å². The van der Waals surface area contributed by atoms with E-state index in [0.29, 0.717) is 17.5 Å². The highest BCUT2D eigenvalue weighted by Gasteiger charge is 2.46. The van der Waals surface area contributed by atoms with Crippen molar-refractivity contribution in [3.8, 4) is 23.7 Å². The first-order chi connectivity index (χ1) is 27.0. The molecule has 4 aliphatic rings. The largest absolute Gasteiger partial charge is 0.384 e. The van der Waals surface area contributed by atoms with Crippen LogP contribution in [0.5, 0.6) is 0 Å².